The number of benzene rings is 1. The molecule has 0 bridgehead atoms. The van der Waals surface area contributed by atoms with Crippen LogP contribution in [0.25, 0.3) is 0 Å². The van der Waals surface area contributed by atoms with Crippen molar-refractivity contribution in [3.8, 4) is 0 Å². The molecule has 3 fully saturated rings. The smallest absolute Gasteiger partial charge is 0.193 e. The predicted molar refractivity (Wildman–Crippen MR) is 102 cm³/mol. The van der Waals surface area contributed by atoms with Crippen LogP contribution in [0.1, 0.15) is 44.6 Å². The summed E-state index contributed by atoms with van der Waals surface area (Å²) in [5.41, 5.74) is 2.10. The summed E-state index contributed by atoms with van der Waals surface area (Å²) < 4.78 is 5.68. The number of nitrogens with zero attached hydrogens (tertiary/aromatic N) is 2. The van der Waals surface area contributed by atoms with E-state index in [9.17, 15) is 0 Å². The lowest BCUT2D eigenvalue weighted by molar-refractivity contribution is 0.156. The lowest BCUT2D eigenvalue weighted by Crippen LogP contribution is -2.44. The molecule has 4 nitrogen and oxygen atoms in total. The molecule has 1 N–H and O–H groups in total. The predicted octanol–water partition coefficient (Wildman–Crippen LogP) is 3.19. The van der Waals surface area contributed by atoms with Crippen molar-refractivity contribution in [1.29, 1.82) is 0 Å². The van der Waals surface area contributed by atoms with Crippen LogP contribution in [0.3, 0.4) is 0 Å². The maximum atomic E-state index is 5.68. The maximum Gasteiger partial charge on any atom is 0.193 e. The van der Waals surface area contributed by atoms with Crippen molar-refractivity contribution in [3.63, 3.8) is 0 Å². The molecule has 1 spiro atoms. The van der Waals surface area contributed by atoms with Crippen LogP contribution in [0.5, 0.6) is 0 Å². The average Bonchev–Trinajstić information content (AvgIpc) is 3.24. The van der Waals surface area contributed by atoms with Crippen LogP contribution in [0.2, 0.25) is 0 Å². The van der Waals surface area contributed by atoms with Gasteiger partial charge in [-0.15, -0.1) is 0 Å². The Bertz CT molecular complexity index is 603. The van der Waals surface area contributed by atoms with Gasteiger partial charge >= 0.3 is 0 Å². The minimum Gasteiger partial charge on any atom is -0.381 e. The van der Waals surface area contributed by atoms with E-state index in [4.69, 9.17) is 9.73 Å². The summed E-state index contributed by atoms with van der Waals surface area (Å²) >= 11 is 0. The van der Waals surface area contributed by atoms with Gasteiger partial charge in [-0.05, 0) is 38.2 Å². The van der Waals surface area contributed by atoms with E-state index in [0.717, 1.165) is 45.4 Å². The Balaban J connectivity index is 1.49. The molecule has 4 heteroatoms. The van der Waals surface area contributed by atoms with Gasteiger partial charge in [0, 0.05) is 37.1 Å². The second-order valence-corrected chi connectivity index (χ2v) is 8.14. The van der Waals surface area contributed by atoms with Gasteiger partial charge in [-0.25, -0.2) is 0 Å². The molecule has 1 aromatic rings. The molecule has 1 saturated carbocycles. The largest absolute Gasteiger partial charge is 0.381 e. The van der Waals surface area contributed by atoms with Crippen molar-refractivity contribution in [1.82, 2.24) is 10.2 Å². The number of aliphatic imine (C=N–C) groups is 1. The zero-order chi connectivity index (χ0) is 17.2. The number of nitrogens with one attached hydrogen (secondary N) is 1. The fourth-order valence-electron chi connectivity index (χ4n) is 4.67. The SMILES string of the molecule is CCNC(=NCC1(c2ccccc2)CCC1)N1CCC2(CCOC2)C1. The summed E-state index contributed by atoms with van der Waals surface area (Å²) in [6.45, 7) is 8.05. The van der Waals surface area contributed by atoms with Gasteiger partial charge in [0.1, 0.15) is 0 Å². The second-order valence-electron chi connectivity index (χ2n) is 8.14. The van der Waals surface area contributed by atoms with Crippen molar-refractivity contribution in [2.24, 2.45) is 10.4 Å². The fraction of sp³-hybridized carbons (Fsp3) is 0.667. The molecule has 0 radical (unpaired) electrons. The first-order chi connectivity index (χ1) is 12.3. The molecule has 1 atom stereocenters. The number of hydrogen-bond donors (Lipinski definition) is 1. The van der Waals surface area contributed by atoms with E-state index in [1.165, 1.54) is 37.7 Å². The Morgan fingerprint density at radius 2 is 2.04 bits per heavy atom. The highest BCUT2D eigenvalue weighted by Crippen LogP contribution is 2.44. The first-order valence-electron chi connectivity index (χ1n) is 9.92. The molecule has 2 aliphatic heterocycles. The monoisotopic (exact) mass is 341 g/mol. The van der Waals surface area contributed by atoms with E-state index in [0.29, 0.717) is 5.41 Å². The van der Waals surface area contributed by atoms with Gasteiger partial charge < -0.3 is 15.0 Å². The van der Waals surface area contributed by atoms with Crippen molar-refractivity contribution < 1.29 is 4.74 Å². The van der Waals surface area contributed by atoms with Crippen LogP contribution in [-0.2, 0) is 10.2 Å². The van der Waals surface area contributed by atoms with Gasteiger partial charge in [0.2, 0.25) is 0 Å². The van der Waals surface area contributed by atoms with E-state index in [1.807, 2.05) is 0 Å². The van der Waals surface area contributed by atoms with Crippen LogP contribution < -0.4 is 5.32 Å². The lowest BCUT2D eigenvalue weighted by Gasteiger charge is -2.41. The number of ether oxygens (including phenoxy) is 1. The third-order valence-electron chi connectivity index (χ3n) is 6.49. The summed E-state index contributed by atoms with van der Waals surface area (Å²) in [7, 11) is 0. The molecule has 1 aromatic carbocycles. The molecule has 2 saturated heterocycles. The van der Waals surface area contributed by atoms with E-state index in [-0.39, 0.29) is 5.41 Å². The lowest BCUT2D eigenvalue weighted by atomic mass is 9.64. The van der Waals surface area contributed by atoms with Crippen molar-refractivity contribution in [2.45, 2.75) is 44.4 Å². The number of rotatable bonds is 4. The van der Waals surface area contributed by atoms with Gasteiger partial charge in [-0.2, -0.15) is 0 Å². The normalized spacial score (nSPS) is 28.4. The molecule has 4 rings (SSSR count). The molecule has 25 heavy (non-hydrogen) atoms. The van der Waals surface area contributed by atoms with E-state index in [2.05, 4.69) is 47.5 Å². The number of guanidine groups is 1. The summed E-state index contributed by atoms with van der Waals surface area (Å²) in [5, 5.41) is 3.54. The fourth-order valence-corrected chi connectivity index (χ4v) is 4.67. The summed E-state index contributed by atoms with van der Waals surface area (Å²) in [6, 6.07) is 11.0. The van der Waals surface area contributed by atoms with E-state index >= 15 is 0 Å². The van der Waals surface area contributed by atoms with E-state index < -0.39 is 0 Å². The number of hydrogen-bond acceptors (Lipinski definition) is 2. The zero-order valence-electron chi connectivity index (χ0n) is 15.5. The van der Waals surface area contributed by atoms with Crippen LogP contribution in [0.4, 0.5) is 0 Å². The van der Waals surface area contributed by atoms with Crippen molar-refractivity contribution >= 4 is 5.96 Å². The minimum atomic E-state index is 0.260. The van der Waals surface area contributed by atoms with Crippen molar-refractivity contribution in [3.05, 3.63) is 35.9 Å². The Morgan fingerprint density at radius 1 is 1.20 bits per heavy atom. The molecule has 2 heterocycles. The first kappa shape index (κ1) is 16.9. The molecular formula is C21H31N3O. The molecule has 0 amide bonds. The quantitative estimate of drug-likeness (QED) is 0.675. The summed E-state index contributed by atoms with van der Waals surface area (Å²) in [6.07, 6.45) is 6.29. The van der Waals surface area contributed by atoms with Gasteiger partial charge in [0.05, 0.1) is 13.2 Å². The highest BCUT2D eigenvalue weighted by Gasteiger charge is 2.43. The molecule has 0 aromatic heterocycles. The van der Waals surface area contributed by atoms with Gasteiger partial charge in [0.25, 0.3) is 0 Å². The van der Waals surface area contributed by atoms with Crippen LogP contribution in [-0.4, -0.2) is 50.3 Å². The topological polar surface area (TPSA) is 36.9 Å². The van der Waals surface area contributed by atoms with Crippen LogP contribution >= 0.6 is 0 Å². The van der Waals surface area contributed by atoms with Gasteiger partial charge in [-0.3, -0.25) is 4.99 Å². The highest BCUT2D eigenvalue weighted by molar-refractivity contribution is 5.80. The Kier molecular flexibility index (Phi) is 4.72. The van der Waals surface area contributed by atoms with Gasteiger partial charge in [0.15, 0.2) is 5.96 Å². The van der Waals surface area contributed by atoms with Crippen molar-refractivity contribution in [2.75, 3.05) is 39.4 Å². The molecular weight excluding hydrogens is 310 g/mol. The minimum absolute atomic E-state index is 0.260. The average molecular weight is 341 g/mol. The van der Waals surface area contributed by atoms with Gasteiger partial charge in [-0.1, -0.05) is 36.8 Å². The molecule has 1 aliphatic carbocycles. The molecule has 136 valence electrons. The third-order valence-corrected chi connectivity index (χ3v) is 6.49. The molecule has 3 aliphatic rings. The Hall–Kier alpha value is -1.55. The maximum absolute atomic E-state index is 5.68. The molecule has 1 unspecified atom stereocenters. The Labute approximate surface area is 151 Å². The third kappa shape index (κ3) is 3.29. The zero-order valence-corrected chi connectivity index (χ0v) is 15.5. The highest BCUT2D eigenvalue weighted by atomic mass is 16.5. The first-order valence-corrected chi connectivity index (χ1v) is 9.92. The standard InChI is InChI=1S/C21H31N3O/c1-2-22-19(24-13-11-20(16-24)12-14-25-17-20)23-15-21(9-6-10-21)18-7-4-3-5-8-18/h3-5,7-8H,2,6,9-17H2,1H3,(H,22,23). The number of likely N-dealkylation sites (tertiary alicyclic amines) is 1. The second kappa shape index (κ2) is 6.99. The van der Waals surface area contributed by atoms with E-state index in [1.54, 1.807) is 0 Å². The van der Waals surface area contributed by atoms with Crippen LogP contribution in [0.15, 0.2) is 35.3 Å². The summed E-state index contributed by atoms with van der Waals surface area (Å²) in [5.74, 6) is 1.11. The van der Waals surface area contributed by atoms with Crippen LogP contribution in [0, 0.1) is 5.41 Å². The Morgan fingerprint density at radius 3 is 2.68 bits per heavy atom. The summed E-state index contributed by atoms with van der Waals surface area (Å²) in [4.78, 5) is 7.58.